The number of hydrogen-bond acceptors (Lipinski definition) is 6. The first-order valence-electron chi connectivity index (χ1n) is 13.5. The van der Waals surface area contributed by atoms with E-state index in [1.165, 1.54) is 4.90 Å². The zero-order valence-corrected chi connectivity index (χ0v) is 23.3. The Kier molecular flexibility index (Phi) is 8.51. The number of rotatable bonds is 10. The Morgan fingerprint density at radius 1 is 1.12 bits per heavy atom. The lowest BCUT2D eigenvalue weighted by Crippen LogP contribution is -2.58. The molecule has 0 bridgehead atoms. The molecule has 0 spiro atoms. The van der Waals surface area contributed by atoms with Crippen molar-refractivity contribution in [1.82, 2.24) is 30.5 Å². The molecule has 0 saturated carbocycles. The van der Waals surface area contributed by atoms with Crippen LogP contribution in [0.4, 0.5) is 4.79 Å². The lowest BCUT2D eigenvalue weighted by atomic mass is 9.91. The molecule has 1 fully saturated rings. The van der Waals surface area contributed by atoms with Crippen LogP contribution in [-0.4, -0.2) is 72.8 Å². The molecular weight excluding hydrogens is 512 g/mol. The van der Waals surface area contributed by atoms with Crippen molar-refractivity contribution in [3.8, 4) is 0 Å². The van der Waals surface area contributed by atoms with Gasteiger partial charge in [-0.3, -0.25) is 19.3 Å². The van der Waals surface area contributed by atoms with E-state index in [0.717, 1.165) is 10.5 Å². The minimum absolute atomic E-state index is 0.165. The highest BCUT2D eigenvalue weighted by molar-refractivity contribution is 6.38. The van der Waals surface area contributed by atoms with E-state index in [-0.39, 0.29) is 18.9 Å². The van der Waals surface area contributed by atoms with Gasteiger partial charge in [-0.2, -0.15) is 15.4 Å². The quantitative estimate of drug-likeness (QED) is 0.322. The summed E-state index contributed by atoms with van der Waals surface area (Å²) in [5, 5.41) is 23.7. The number of carbonyl (C=O) groups excluding carboxylic acids is 3. The molecule has 3 amide bonds. The molecule has 1 aliphatic heterocycles. The highest BCUT2D eigenvalue weighted by Gasteiger charge is 2.48. The van der Waals surface area contributed by atoms with E-state index in [0.29, 0.717) is 35.9 Å². The number of benzene rings is 2. The number of hydrogen-bond donors (Lipinski definition) is 3. The summed E-state index contributed by atoms with van der Waals surface area (Å²) in [5.74, 6) is -2.06. The number of unbranched alkanes of at least 4 members (excludes halogenated alkanes) is 1. The maximum atomic E-state index is 13.8. The van der Waals surface area contributed by atoms with E-state index in [9.17, 15) is 24.3 Å². The molecule has 3 atom stereocenters. The second-order valence-electron chi connectivity index (χ2n) is 11.1. The predicted octanol–water partition coefficient (Wildman–Crippen LogP) is 4.14. The van der Waals surface area contributed by atoms with Crippen molar-refractivity contribution in [3.05, 3.63) is 59.7 Å². The number of carboxylic acid groups (broad SMARTS) is 1. The van der Waals surface area contributed by atoms with Crippen LogP contribution in [0, 0.1) is 5.41 Å². The first-order chi connectivity index (χ1) is 19.0. The third-order valence-electron chi connectivity index (χ3n) is 7.40. The normalized spacial score (nSPS) is 17.8. The maximum absolute atomic E-state index is 13.8. The maximum Gasteiger partial charge on any atom is 0.409 e. The van der Waals surface area contributed by atoms with Crippen molar-refractivity contribution in [1.29, 1.82) is 0 Å². The van der Waals surface area contributed by atoms with E-state index < -0.39 is 41.4 Å². The summed E-state index contributed by atoms with van der Waals surface area (Å²) in [7, 11) is 0. The third kappa shape index (κ3) is 6.13. The van der Waals surface area contributed by atoms with Gasteiger partial charge in [0.1, 0.15) is 23.2 Å². The summed E-state index contributed by atoms with van der Waals surface area (Å²) in [4.78, 5) is 55.8. The lowest BCUT2D eigenvalue weighted by molar-refractivity contribution is -0.142. The minimum atomic E-state index is -1.36. The number of ketones is 1. The molecule has 0 radical (unpaired) electrons. The molecule has 2 heterocycles. The van der Waals surface area contributed by atoms with Gasteiger partial charge in [0.2, 0.25) is 5.78 Å². The molecule has 1 unspecified atom stereocenters. The molecule has 40 heavy (non-hydrogen) atoms. The zero-order valence-electron chi connectivity index (χ0n) is 23.3. The van der Waals surface area contributed by atoms with Crippen LogP contribution in [0.3, 0.4) is 0 Å². The van der Waals surface area contributed by atoms with E-state index in [1.54, 1.807) is 25.1 Å². The lowest BCUT2D eigenvalue weighted by Gasteiger charge is -2.37. The van der Waals surface area contributed by atoms with Crippen molar-refractivity contribution >= 4 is 34.7 Å². The number of Topliss-reactive ketones (excluding diaryl/α,β-unsaturated/α-hetero) is 1. The Labute approximate surface area is 232 Å². The van der Waals surface area contributed by atoms with Gasteiger partial charge < -0.3 is 15.3 Å². The molecule has 1 aliphatic rings. The van der Waals surface area contributed by atoms with Crippen molar-refractivity contribution in [2.45, 2.75) is 71.6 Å². The van der Waals surface area contributed by atoms with Gasteiger partial charge in [-0.15, -0.1) is 0 Å². The second kappa shape index (κ2) is 11.8. The van der Waals surface area contributed by atoms with Crippen LogP contribution in [0.5, 0.6) is 0 Å². The fourth-order valence-electron chi connectivity index (χ4n) is 5.34. The Morgan fingerprint density at radius 2 is 1.82 bits per heavy atom. The minimum Gasteiger partial charge on any atom is -0.465 e. The average Bonchev–Trinajstić information content (AvgIpc) is 3.53. The number of nitrogens with zero attached hydrogens (tertiary/aromatic N) is 4. The first-order valence-corrected chi connectivity index (χ1v) is 13.5. The largest absolute Gasteiger partial charge is 0.465 e. The Morgan fingerprint density at radius 3 is 2.50 bits per heavy atom. The summed E-state index contributed by atoms with van der Waals surface area (Å²) in [6.45, 7) is 7.88. The molecule has 212 valence electrons. The van der Waals surface area contributed by atoms with Gasteiger partial charge in [-0.25, -0.2) is 4.79 Å². The first kappa shape index (κ1) is 28.7. The number of carbonyl (C=O) groups is 4. The molecule has 3 aromatic rings. The SMILES string of the molecule is CCCC[C@@H](C(=O)C(=O)N[C@H](C)c1ccccc1)N(C(=O)O)C1CC(C)(C)CN1C(=O)c1ccc2n[nH]nc2c1. The molecule has 3 N–H and O–H groups in total. The molecule has 1 saturated heterocycles. The van der Waals surface area contributed by atoms with Gasteiger partial charge in [0, 0.05) is 12.1 Å². The van der Waals surface area contributed by atoms with E-state index in [1.807, 2.05) is 51.1 Å². The highest BCUT2D eigenvalue weighted by Crippen LogP contribution is 2.38. The van der Waals surface area contributed by atoms with Crippen molar-refractivity contribution in [2.75, 3.05) is 6.54 Å². The third-order valence-corrected chi connectivity index (χ3v) is 7.40. The van der Waals surface area contributed by atoms with Gasteiger partial charge in [0.25, 0.3) is 11.8 Å². The van der Waals surface area contributed by atoms with Crippen molar-refractivity contribution in [2.24, 2.45) is 5.41 Å². The smallest absolute Gasteiger partial charge is 0.409 e. The van der Waals surface area contributed by atoms with Crippen LogP contribution < -0.4 is 5.32 Å². The topological polar surface area (TPSA) is 149 Å². The number of likely N-dealkylation sites (tertiary alicyclic amines) is 1. The fourth-order valence-corrected chi connectivity index (χ4v) is 5.34. The van der Waals surface area contributed by atoms with E-state index in [4.69, 9.17) is 0 Å². The van der Waals surface area contributed by atoms with Crippen LogP contribution in [0.25, 0.3) is 11.0 Å². The Bertz CT molecular complexity index is 1390. The van der Waals surface area contributed by atoms with Crippen molar-refractivity contribution < 1.29 is 24.3 Å². The zero-order chi connectivity index (χ0) is 29.0. The second-order valence-corrected chi connectivity index (χ2v) is 11.1. The number of nitrogens with one attached hydrogen (secondary N) is 2. The van der Waals surface area contributed by atoms with Gasteiger partial charge in [0.15, 0.2) is 0 Å². The summed E-state index contributed by atoms with van der Waals surface area (Å²) in [6.07, 6.45) is -0.568. The van der Waals surface area contributed by atoms with Gasteiger partial charge in [-0.05, 0) is 48.9 Å². The summed E-state index contributed by atoms with van der Waals surface area (Å²) in [5.41, 5.74) is 1.84. The highest BCUT2D eigenvalue weighted by atomic mass is 16.4. The Balaban J connectivity index is 1.64. The number of fused-ring (bicyclic) bond motifs is 1. The summed E-state index contributed by atoms with van der Waals surface area (Å²) >= 11 is 0. The number of aromatic amines is 1. The number of amides is 3. The van der Waals surface area contributed by atoms with Gasteiger partial charge in [0.05, 0.1) is 6.04 Å². The van der Waals surface area contributed by atoms with Crippen molar-refractivity contribution in [3.63, 3.8) is 0 Å². The summed E-state index contributed by atoms with van der Waals surface area (Å²) in [6, 6.07) is 12.4. The average molecular weight is 549 g/mol. The summed E-state index contributed by atoms with van der Waals surface area (Å²) < 4.78 is 0. The van der Waals surface area contributed by atoms with Crippen LogP contribution in [0.15, 0.2) is 48.5 Å². The van der Waals surface area contributed by atoms with Gasteiger partial charge in [-0.1, -0.05) is 63.9 Å². The predicted molar refractivity (Wildman–Crippen MR) is 148 cm³/mol. The number of H-pyrrole nitrogens is 1. The van der Waals surface area contributed by atoms with Gasteiger partial charge >= 0.3 is 6.09 Å². The molecular formula is C29H36N6O5. The standard InChI is InChI=1S/C29H36N6O5/c1-5-6-12-23(25(36)26(37)30-18(2)19-10-8-7-9-11-19)35(28(39)40)24-16-29(3,4)17-34(24)27(38)20-13-14-21-22(15-20)32-33-31-21/h7-11,13-15,18,23-24H,5-6,12,16-17H2,1-4H3,(H,30,37)(H,39,40)(H,31,32,33)/t18-,23+,24?/m1/s1. The van der Waals surface area contributed by atoms with E-state index in [2.05, 4.69) is 20.7 Å². The molecule has 11 heteroatoms. The van der Waals surface area contributed by atoms with Crippen LogP contribution >= 0.6 is 0 Å². The number of aromatic nitrogens is 3. The molecule has 11 nitrogen and oxygen atoms in total. The molecule has 2 aromatic carbocycles. The molecule has 4 rings (SSSR count). The van der Waals surface area contributed by atoms with Crippen LogP contribution in [0.1, 0.15) is 75.3 Å². The van der Waals surface area contributed by atoms with E-state index >= 15 is 0 Å². The monoisotopic (exact) mass is 548 g/mol. The fraction of sp³-hybridized carbons (Fsp3) is 0.448. The molecule has 1 aromatic heterocycles. The van der Waals surface area contributed by atoms with Crippen LogP contribution in [-0.2, 0) is 9.59 Å². The Hall–Kier alpha value is -4.28. The molecule has 0 aliphatic carbocycles. The van der Waals surface area contributed by atoms with Crippen LogP contribution in [0.2, 0.25) is 0 Å².